The van der Waals surface area contributed by atoms with Gasteiger partial charge in [0.25, 0.3) is 0 Å². The molecule has 0 saturated heterocycles. The van der Waals surface area contributed by atoms with Crippen molar-refractivity contribution in [1.82, 2.24) is 5.32 Å². The molecule has 0 saturated carbocycles. The minimum atomic E-state index is -0.664. The molecule has 2 aromatic heterocycles. The van der Waals surface area contributed by atoms with E-state index in [4.69, 9.17) is 13.6 Å². The van der Waals surface area contributed by atoms with Crippen molar-refractivity contribution < 1.29 is 28.0 Å². The molecule has 0 unspecified atom stereocenters. The van der Waals surface area contributed by atoms with Crippen LogP contribution >= 0.6 is 0 Å². The Kier molecular flexibility index (Phi) is 5.73. The molecule has 2 aromatic rings. The van der Waals surface area contributed by atoms with Crippen molar-refractivity contribution in [3.05, 3.63) is 53.4 Å². The number of ether oxygens (including phenoxy) is 1. The average molecular weight is 331 g/mol. The molecule has 2 heterocycles. The number of carbonyl (C=O) groups excluding carboxylic acids is 3. The van der Waals surface area contributed by atoms with Gasteiger partial charge in [-0.3, -0.25) is 9.59 Å². The van der Waals surface area contributed by atoms with E-state index in [9.17, 15) is 14.4 Å². The molecule has 1 N–H and O–H groups in total. The van der Waals surface area contributed by atoms with E-state index < -0.39 is 18.4 Å². The molecular weight excluding hydrogens is 314 g/mol. The summed E-state index contributed by atoms with van der Waals surface area (Å²) in [6.07, 6.45) is 2.63. The van der Waals surface area contributed by atoms with Gasteiger partial charge in [0.1, 0.15) is 17.3 Å². The molecule has 0 aliphatic rings. The van der Waals surface area contributed by atoms with Crippen LogP contribution in [0, 0.1) is 6.92 Å². The summed E-state index contributed by atoms with van der Waals surface area (Å²) in [5.74, 6) is 0.408. The Bertz CT molecular complexity index is 768. The zero-order chi connectivity index (χ0) is 17.5. The van der Waals surface area contributed by atoms with E-state index in [1.54, 1.807) is 25.1 Å². The van der Waals surface area contributed by atoms with E-state index >= 15 is 0 Å². The fourth-order valence-electron chi connectivity index (χ4n) is 1.78. The van der Waals surface area contributed by atoms with Crippen LogP contribution in [-0.4, -0.2) is 24.3 Å². The van der Waals surface area contributed by atoms with Crippen LogP contribution in [0.3, 0.4) is 0 Å². The number of nitrogens with one attached hydrogen (secondary N) is 1. The molecule has 0 aliphatic carbocycles. The van der Waals surface area contributed by atoms with Gasteiger partial charge in [0.05, 0.1) is 6.54 Å². The van der Waals surface area contributed by atoms with Crippen LogP contribution in [0.1, 0.15) is 34.8 Å². The number of hydrogen-bond acceptors (Lipinski definition) is 6. The minimum absolute atomic E-state index is 0.0637. The number of amides is 1. The van der Waals surface area contributed by atoms with E-state index in [-0.39, 0.29) is 18.2 Å². The number of esters is 1. The van der Waals surface area contributed by atoms with Crippen molar-refractivity contribution in [2.45, 2.75) is 20.4 Å². The Balaban J connectivity index is 1.81. The molecule has 126 valence electrons. The average Bonchev–Trinajstić information content (AvgIpc) is 3.17. The summed E-state index contributed by atoms with van der Waals surface area (Å²) in [5.41, 5.74) is 0. The second-order valence-electron chi connectivity index (χ2n) is 4.99. The van der Waals surface area contributed by atoms with Crippen LogP contribution in [0.2, 0.25) is 0 Å². The van der Waals surface area contributed by atoms with E-state index in [0.29, 0.717) is 11.5 Å². The Labute approximate surface area is 138 Å². The van der Waals surface area contributed by atoms with Gasteiger partial charge >= 0.3 is 5.97 Å². The predicted molar refractivity (Wildman–Crippen MR) is 84.0 cm³/mol. The molecule has 1 amide bonds. The smallest absolute Gasteiger partial charge is 0.331 e. The van der Waals surface area contributed by atoms with Gasteiger partial charge in [-0.05, 0) is 37.3 Å². The fraction of sp³-hybridized carbons (Fsp3) is 0.235. The van der Waals surface area contributed by atoms with Crippen LogP contribution in [0.5, 0.6) is 0 Å². The van der Waals surface area contributed by atoms with Gasteiger partial charge in [-0.25, -0.2) is 4.79 Å². The molecule has 7 nitrogen and oxygen atoms in total. The monoisotopic (exact) mass is 331 g/mol. The first-order valence-electron chi connectivity index (χ1n) is 7.21. The number of furan rings is 2. The Morgan fingerprint density at radius 2 is 1.96 bits per heavy atom. The molecule has 0 radical (unpaired) electrons. The summed E-state index contributed by atoms with van der Waals surface area (Å²) in [6.45, 7) is 2.92. The quantitative estimate of drug-likeness (QED) is 0.475. The van der Waals surface area contributed by atoms with Crippen molar-refractivity contribution in [2.75, 3.05) is 6.61 Å². The molecule has 0 bridgehead atoms. The third-order valence-corrected chi connectivity index (χ3v) is 2.94. The van der Waals surface area contributed by atoms with E-state index in [2.05, 4.69) is 5.32 Å². The summed E-state index contributed by atoms with van der Waals surface area (Å²) in [4.78, 5) is 34.2. The zero-order valence-corrected chi connectivity index (χ0v) is 13.3. The molecule has 0 aromatic carbocycles. The second-order valence-corrected chi connectivity index (χ2v) is 4.99. The van der Waals surface area contributed by atoms with Gasteiger partial charge in [0.15, 0.2) is 12.4 Å². The maximum atomic E-state index is 11.9. The minimum Gasteiger partial charge on any atom is -0.462 e. The van der Waals surface area contributed by atoms with Crippen LogP contribution in [0.4, 0.5) is 0 Å². The molecule has 0 aliphatic heterocycles. The first-order chi connectivity index (χ1) is 11.4. The third-order valence-electron chi connectivity index (χ3n) is 2.94. The predicted octanol–water partition coefficient (Wildman–Crippen LogP) is 2.26. The highest BCUT2D eigenvalue weighted by molar-refractivity contribution is 5.96. The number of rotatable bonds is 7. The Morgan fingerprint density at radius 3 is 2.62 bits per heavy atom. The summed E-state index contributed by atoms with van der Waals surface area (Å²) < 4.78 is 15.4. The van der Waals surface area contributed by atoms with Crippen molar-refractivity contribution >= 4 is 23.7 Å². The molecule has 0 fully saturated rings. The standard InChI is InChI=1S/C17H17NO6/c1-11-3-4-13(23-11)6-8-17(21)22-10-15(20)16-7-5-14(24-16)9-18-12(2)19/h3-8H,9-10H2,1-2H3,(H,18,19)/b8-6+. The van der Waals surface area contributed by atoms with Crippen molar-refractivity contribution in [3.8, 4) is 0 Å². The lowest BCUT2D eigenvalue weighted by molar-refractivity contribution is -0.136. The second kappa shape index (κ2) is 7.96. The highest BCUT2D eigenvalue weighted by Crippen LogP contribution is 2.10. The first kappa shape index (κ1) is 17.3. The lowest BCUT2D eigenvalue weighted by Gasteiger charge is -2.00. The number of ketones is 1. The van der Waals surface area contributed by atoms with Gasteiger partial charge in [-0.2, -0.15) is 0 Å². The van der Waals surface area contributed by atoms with Crippen LogP contribution in [0.25, 0.3) is 6.08 Å². The van der Waals surface area contributed by atoms with Gasteiger partial charge in [0, 0.05) is 13.0 Å². The van der Waals surface area contributed by atoms with E-state index in [0.717, 1.165) is 5.76 Å². The van der Waals surface area contributed by atoms with Crippen LogP contribution in [-0.2, 0) is 20.9 Å². The maximum Gasteiger partial charge on any atom is 0.331 e. The maximum absolute atomic E-state index is 11.9. The largest absolute Gasteiger partial charge is 0.462 e. The SMILES string of the molecule is CC(=O)NCc1ccc(C(=O)COC(=O)/C=C/c2ccc(C)o2)o1. The van der Waals surface area contributed by atoms with Gasteiger partial charge in [0.2, 0.25) is 11.7 Å². The third kappa shape index (κ3) is 5.28. The summed E-state index contributed by atoms with van der Waals surface area (Å²) in [7, 11) is 0. The highest BCUT2D eigenvalue weighted by Gasteiger charge is 2.13. The van der Waals surface area contributed by atoms with E-state index in [1.165, 1.54) is 25.1 Å². The molecule has 0 atom stereocenters. The normalized spacial score (nSPS) is 10.8. The van der Waals surface area contributed by atoms with Crippen LogP contribution in [0.15, 0.2) is 39.2 Å². The van der Waals surface area contributed by atoms with Gasteiger partial charge in [-0.1, -0.05) is 0 Å². The van der Waals surface area contributed by atoms with Crippen LogP contribution < -0.4 is 5.32 Å². The first-order valence-corrected chi connectivity index (χ1v) is 7.21. The molecule has 0 spiro atoms. The molecule has 2 rings (SSSR count). The van der Waals surface area contributed by atoms with Gasteiger partial charge < -0.3 is 18.9 Å². The van der Waals surface area contributed by atoms with Crippen molar-refractivity contribution in [2.24, 2.45) is 0 Å². The van der Waals surface area contributed by atoms with Crippen molar-refractivity contribution in [1.29, 1.82) is 0 Å². The lowest BCUT2D eigenvalue weighted by atomic mass is 10.3. The van der Waals surface area contributed by atoms with E-state index in [1.807, 2.05) is 0 Å². The number of carbonyl (C=O) groups is 3. The summed E-state index contributed by atoms with van der Waals surface area (Å²) in [6, 6.07) is 6.52. The number of Topliss-reactive ketones (excluding diaryl/α,β-unsaturated/α-hetero) is 1. The van der Waals surface area contributed by atoms with Crippen molar-refractivity contribution in [3.63, 3.8) is 0 Å². The molecule has 24 heavy (non-hydrogen) atoms. The van der Waals surface area contributed by atoms with Gasteiger partial charge in [-0.15, -0.1) is 0 Å². The Hall–Kier alpha value is -3.09. The number of aryl methyl sites for hydroxylation is 1. The zero-order valence-electron chi connectivity index (χ0n) is 13.3. The number of hydrogen-bond donors (Lipinski definition) is 1. The topological polar surface area (TPSA) is 98.8 Å². The molecular formula is C17H17NO6. The molecule has 7 heteroatoms. The Morgan fingerprint density at radius 1 is 1.17 bits per heavy atom. The summed E-state index contributed by atoms with van der Waals surface area (Å²) in [5, 5.41) is 2.55. The highest BCUT2D eigenvalue weighted by atomic mass is 16.5. The fourth-order valence-corrected chi connectivity index (χ4v) is 1.78. The summed E-state index contributed by atoms with van der Waals surface area (Å²) >= 11 is 0. The lowest BCUT2D eigenvalue weighted by Crippen LogP contribution is -2.18.